The van der Waals surface area contributed by atoms with Gasteiger partial charge in [0.2, 0.25) is 5.91 Å². The largest absolute Gasteiger partial charge is 0.355 e. The second-order valence-corrected chi connectivity index (χ2v) is 7.00. The van der Waals surface area contributed by atoms with Gasteiger partial charge in [0.25, 0.3) is 0 Å². The zero-order valence-electron chi connectivity index (χ0n) is 11.2. The lowest BCUT2D eigenvalue weighted by atomic mass is 9.92. The van der Waals surface area contributed by atoms with Crippen LogP contribution in [0.25, 0.3) is 0 Å². The van der Waals surface area contributed by atoms with E-state index in [0.29, 0.717) is 16.7 Å². The van der Waals surface area contributed by atoms with E-state index in [1.165, 1.54) is 17.5 Å². The topological polar surface area (TPSA) is 29.1 Å². The minimum Gasteiger partial charge on any atom is -0.355 e. The van der Waals surface area contributed by atoms with Gasteiger partial charge in [0.05, 0.1) is 0 Å². The van der Waals surface area contributed by atoms with Crippen molar-refractivity contribution in [3.63, 3.8) is 0 Å². The zero-order chi connectivity index (χ0) is 13.4. The van der Waals surface area contributed by atoms with Gasteiger partial charge in [-0.1, -0.05) is 47.1 Å². The molecule has 1 N–H and O–H groups in total. The lowest BCUT2D eigenvalue weighted by Crippen LogP contribution is -2.31. The van der Waals surface area contributed by atoms with E-state index in [4.69, 9.17) is 0 Å². The predicted octanol–water partition coefficient (Wildman–Crippen LogP) is 3.25. The molecule has 0 bridgehead atoms. The Bertz CT molecular complexity index is 487. The molecule has 4 unspecified atom stereocenters. The summed E-state index contributed by atoms with van der Waals surface area (Å²) in [5, 5.41) is 3.10. The fourth-order valence-corrected chi connectivity index (χ4v) is 3.56. The van der Waals surface area contributed by atoms with Crippen LogP contribution in [-0.4, -0.2) is 17.3 Å². The van der Waals surface area contributed by atoms with Crippen LogP contribution in [0.4, 0.5) is 0 Å². The molecule has 3 heteroatoms. The molecular weight excluding hydrogens is 302 g/mol. The number of benzene rings is 1. The highest BCUT2D eigenvalue weighted by Gasteiger charge is 2.56. The Kier molecular flexibility index (Phi) is 3.66. The van der Waals surface area contributed by atoms with Crippen molar-refractivity contribution in [2.24, 2.45) is 11.8 Å². The number of fused-ring (bicyclic) bond motifs is 3. The first-order valence-corrected chi connectivity index (χ1v) is 8.13. The van der Waals surface area contributed by atoms with E-state index in [2.05, 4.69) is 52.4 Å². The molecule has 1 saturated carbocycles. The lowest BCUT2D eigenvalue weighted by molar-refractivity contribution is -0.122. The fraction of sp³-hybridized carbons (Fsp3) is 0.562. The van der Waals surface area contributed by atoms with Gasteiger partial charge in [-0.05, 0) is 42.2 Å². The molecule has 0 spiro atoms. The highest BCUT2D eigenvalue weighted by atomic mass is 79.9. The van der Waals surface area contributed by atoms with Crippen molar-refractivity contribution in [1.82, 2.24) is 5.32 Å². The van der Waals surface area contributed by atoms with Gasteiger partial charge in [-0.15, -0.1) is 0 Å². The van der Waals surface area contributed by atoms with E-state index in [9.17, 15) is 4.79 Å². The molecule has 0 radical (unpaired) electrons. The van der Waals surface area contributed by atoms with Crippen molar-refractivity contribution in [3.05, 3.63) is 35.4 Å². The number of rotatable bonds is 4. The number of alkyl halides is 1. The third-order valence-corrected chi connectivity index (χ3v) is 5.54. The normalized spacial score (nSPS) is 29.1. The van der Waals surface area contributed by atoms with Crippen LogP contribution < -0.4 is 5.32 Å². The van der Waals surface area contributed by atoms with Crippen molar-refractivity contribution in [1.29, 1.82) is 0 Å². The zero-order valence-corrected chi connectivity index (χ0v) is 12.8. The Morgan fingerprint density at radius 2 is 2.26 bits per heavy atom. The summed E-state index contributed by atoms with van der Waals surface area (Å²) in [5.41, 5.74) is 2.87. The van der Waals surface area contributed by atoms with Gasteiger partial charge < -0.3 is 5.32 Å². The van der Waals surface area contributed by atoms with E-state index < -0.39 is 0 Å². The second-order valence-electron chi connectivity index (χ2n) is 5.70. The summed E-state index contributed by atoms with van der Waals surface area (Å²) in [6.45, 7) is 2.87. The second kappa shape index (κ2) is 5.28. The Hall–Kier alpha value is -0.830. The molecule has 19 heavy (non-hydrogen) atoms. The average Bonchev–Trinajstić information content (AvgIpc) is 3.19. The molecule has 0 saturated heterocycles. The molecule has 0 aromatic heterocycles. The molecule has 1 aromatic carbocycles. The SMILES string of the molecule is CCC(Br)CNC(=O)C1C2CCc3ccccc3C21. The maximum absolute atomic E-state index is 12.3. The Labute approximate surface area is 123 Å². The Morgan fingerprint density at radius 3 is 3.05 bits per heavy atom. The predicted molar refractivity (Wildman–Crippen MR) is 80.5 cm³/mol. The van der Waals surface area contributed by atoms with Gasteiger partial charge in [0.15, 0.2) is 0 Å². The molecule has 1 amide bonds. The van der Waals surface area contributed by atoms with Crippen LogP contribution in [0.1, 0.15) is 36.8 Å². The van der Waals surface area contributed by atoms with E-state index in [-0.39, 0.29) is 11.8 Å². The fourth-order valence-electron chi connectivity index (χ4n) is 3.40. The van der Waals surface area contributed by atoms with Gasteiger partial charge in [0.1, 0.15) is 0 Å². The van der Waals surface area contributed by atoms with Crippen LogP contribution in [0.5, 0.6) is 0 Å². The summed E-state index contributed by atoms with van der Waals surface area (Å²) in [5.74, 6) is 1.55. The van der Waals surface area contributed by atoms with Crippen LogP contribution in [-0.2, 0) is 11.2 Å². The first kappa shape index (κ1) is 13.2. The van der Waals surface area contributed by atoms with E-state index in [0.717, 1.165) is 19.4 Å². The summed E-state index contributed by atoms with van der Waals surface area (Å²) in [6.07, 6.45) is 3.35. The molecular formula is C16H20BrNO. The summed E-state index contributed by atoms with van der Waals surface area (Å²) in [6, 6.07) is 8.62. The number of hydrogen-bond acceptors (Lipinski definition) is 1. The van der Waals surface area contributed by atoms with Gasteiger partial charge in [-0.3, -0.25) is 4.79 Å². The van der Waals surface area contributed by atoms with Crippen LogP contribution in [0.15, 0.2) is 24.3 Å². The maximum Gasteiger partial charge on any atom is 0.224 e. The summed E-state index contributed by atoms with van der Waals surface area (Å²) >= 11 is 3.56. The number of carbonyl (C=O) groups excluding carboxylic acids is 1. The number of nitrogens with one attached hydrogen (secondary N) is 1. The molecule has 102 valence electrons. The van der Waals surface area contributed by atoms with E-state index >= 15 is 0 Å². The van der Waals surface area contributed by atoms with E-state index in [1.54, 1.807) is 0 Å². The van der Waals surface area contributed by atoms with Gasteiger partial charge in [0, 0.05) is 17.3 Å². The first-order valence-electron chi connectivity index (χ1n) is 7.22. The van der Waals surface area contributed by atoms with Crippen LogP contribution in [0, 0.1) is 11.8 Å². The summed E-state index contributed by atoms with van der Waals surface area (Å²) in [4.78, 5) is 12.7. The molecule has 1 aromatic rings. The maximum atomic E-state index is 12.3. The first-order chi connectivity index (χ1) is 9.22. The van der Waals surface area contributed by atoms with E-state index in [1.807, 2.05) is 0 Å². The minimum absolute atomic E-state index is 0.222. The molecule has 3 rings (SSSR count). The van der Waals surface area contributed by atoms with Crippen LogP contribution in [0.3, 0.4) is 0 Å². The van der Waals surface area contributed by atoms with Crippen molar-refractivity contribution in [2.45, 2.75) is 36.9 Å². The number of amides is 1. The minimum atomic E-state index is 0.222. The van der Waals surface area contributed by atoms with Gasteiger partial charge >= 0.3 is 0 Å². The molecule has 2 aliphatic carbocycles. The van der Waals surface area contributed by atoms with Crippen molar-refractivity contribution >= 4 is 21.8 Å². The third-order valence-electron chi connectivity index (χ3n) is 4.57. The molecule has 2 aliphatic rings. The summed E-state index contributed by atoms with van der Waals surface area (Å²) in [7, 11) is 0. The number of aryl methyl sites for hydroxylation is 1. The van der Waals surface area contributed by atoms with Crippen molar-refractivity contribution in [2.75, 3.05) is 6.54 Å². The molecule has 4 atom stereocenters. The van der Waals surface area contributed by atoms with Gasteiger partial charge in [-0.25, -0.2) is 0 Å². The quantitative estimate of drug-likeness (QED) is 0.847. The smallest absolute Gasteiger partial charge is 0.224 e. The lowest BCUT2D eigenvalue weighted by Gasteiger charge is -2.13. The third kappa shape index (κ3) is 2.45. The monoisotopic (exact) mass is 321 g/mol. The Balaban J connectivity index is 1.65. The van der Waals surface area contributed by atoms with Gasteiger partial charge in [-0.2, -0.15) is 0 Å². The molecule has 2 nitrogen and oxygen atoms in total. The van der Waals surface area contributed by atoms with Crippen LogP contribution >= 0.6 is 15.9 Å². The standard InChI is InChI=1S/C16H20BrNO/c1-2-11(17)9-18-16(19)15-13-8-7-10-5-3-4-6-12(10)14(13)15/h3-6,11,13-15H,2,7-9H2,1H3,(H,18,19). The van der Waals surface area contributed by atoms with Crippen molar-refractivity contribution < 1.29 is 4.79 Å². The number of carbonyl (C=O) groups is 1. The molecule has 1 fully saturated rings. The molecule has 0 aliphatic heterocycles. The highest BCUT2D eigenvalue weighted by Crippen LogP contribution is 2.59. The summed E-state index contributed by atoms with van der Waals surface area (Å²) < 4.78 is 0. The van der Waals surface area contributed by atoms with Crippen molar-refractivity contribution in [3.8, 4) is 0 Å². The number of halogens is 1. The van der Waals surface area contributed by atoms with Crippen LogP contribution in [0.2, 0.25) is 0 Å². The Morgan fingerprint density at radius 1 is 1.47 bits per heavy atom. The molecule has 0 heterocycles. The highest BCUT2D eigenvalue weighted by molar-refractivity contribution is 9.09. The average molecular weight is 322 g/mol. The number of hydrogen-bond donors (Lipinski definition) is 1.